The van der Waals surface area contributed by atoms with Gasteiger partial charge in [-0.3, -0.25) is 0 Å². The highest BCUT2D eigenvalue weighted by molar-refractivity contribution is 5.30. The molecule has 0 spiro atoms. The molecule has 13 heavy (non-hydrogen) atoms. The average molecular weight is 177 g/mol. The van der Waals surface area contributed by atoms with Crippen LogP contribution in [0.4, 0.5) is 0 Å². The molecule has 0 N–H and O–H groups in total. The maximum absolute atomic E-state index is 5.47. The minimum atomic E-state index is 0.802. The second-order valence-electron chi connectivity index (χ2n) is 3.03. The lowest BCUT2D eigenvalue weighted by Gasteiger charge is -2.04. The summed E-state index contributed by atoms with van der Waals surface area (Å²) in [6.07, 6.45) is 4.33. The summed E-state index contributed by atoms with van der Waals surface area (Å²) in [6.45, 7) is 5.05. The monoisotopic (exact) mass is 177 g/mol. The number of ether oxygens (including phenoxy) is 1. The summed E-state index contributed by atoms with van der Waals surface area (Å²) < 4.78 is 5.47. The van der Waals surface area contributed by atoms with Crippen molar-refractivity contribution in [3.05, 3.63) is 36.2 Å². The highest BCUT2D eigenvalue weighted by atomic mass is 16.5. The zero-order valence-electron chi connectivity index (χ0n) is 8.42. The SMILES string of the molecule is CC[CH]c1ccc(OCCC)cc1. The fourth-order valence-electron chi connectivity index (χ4n) is 1.16. The van der Waals surface area contributed by atoms with Crippen molar-refractivity contribution in [1.82, 2.24) is 0 Å². The number of hydrogen-bond acceptors (Lipinski definition) is 1. The highest BCUT2D eigenvalue weighted by Crippen LogP contribution is 2.14. The maximum Gasteiger partial charge on any atom is 0.119 e. The van der Waals surface area contributed by atoms with Crippen LogP contribution in [0.1, 0.15) is 32.3 Å². The van der Waals surface area contributed by atoms with E-state index < -0.39 is 0 Å². The van der Waals surface area contributed by atoms with Crippen LogP contribution in [0, 0.1) is 6.42 Å². The molecule has 0 atom stereocenters. The fourth-order valence-corrected chi connectivity index (χ4v) is 1.16. The third kappa shape index (κ3) is 3.49. The Bertz CT molecular complexity index is 225. The second kappa shape index (κ2) is 5.63. The van der Waals surface area contributed by atoms with Gasteiger partial charge in [0.15, 0.2) is 0 Å². The molecule has 0 saturated heterocycles. The van der Waals surface area contributed by atoms with E-state index in [1.54, 1.807) is 0 Å². The number of benzene rings is 1. The van der Waals surface area contributed by atoms with E-state index in [2.05, 4.69) is 32.4 Å². The molecule has 1 nitrogen and oxygen atoms in total. The van der Waals surface area contributed by atoms with Crippen molar-refractivity contribution >= 4 is 0 Å². The molecule has 0 aliphatic heterocycles. The Balaban J connectivity index is 2.48. The topological polar surface area (TPSA) is 9.23 Å². The Morgan fingerprint density at radius 3 is 2.38 bits per heavy atom. The van der Waals surface area contributed by atoms with E-state index in [-0.39, 0.29) is 0 Å². The molecule has 1 aromatic carbocycles. The van der Waals surface area contributed by atoms with Gasteiger partial charge in [0.05, 0.1) is 6.61 Å². The normalized spacial score (nSPS) is 10.0. The van der Waals surface area contributed by atoms with Crippen molar-refractivity contribution in [2.45, 2.75) is 26.7 Å². The Hall–Kier alpha value is -0.980. The van der Waals surface area contributed by atoms with Crippen molar-refractivity contribution in [1.29, 1.82) is 0 Å². The molecule has 0 fully saturated rings. The van der Waals surface area contributed by atoms with Gasteiger partial charge in [0.2, 0.25) is 0 Å². The molecule has 1 heteroatoms. The largest absolute Gasteiger partial charge is 0.494 e. The van der Waals surface area contributed by atoms with Crippen molar-refractivity contribution < 1.29 is 4.74 Å². The lowest BCUT2D eigenvalue weighted by atomic mass is 10.1. The van der Waals surface area contributed by atoms with Crippen LogP contribution in [0.25, 0.3) is 0 Å². The van der Waals surface area contributed by atoms with Crippen molar-refractivity contribution in [3.8, 4) is 5.75 Å². The summed E-state index contributed by atoms with van der Waals surface area (Å²) in [5.41, 5.74) is 1.27. The van der Waals surface area contributed by atoms with Gasteiger partial charge in [-0.2, -0.15) is 0 Å². The van der Waals surface area contributed by atoms with E-state index in [0.29, 0.717) is 0 Å². The molecule has 1 aromatic rings. The van der Waals surface area contributed by atoms with Crippen LogP contribution in [0.2, 0.25) is 0 Å². The Morgan fingerprint density at radius 2 is 1.85 bits per heavy atom. The molecule has 1 rings (SSSR count). The predicted molar refractivity (Wildman–Crippen MR) is 55.9 cm³/mol. The zero-order chi connectivity index (χ0) is 9.52. The molecule has 0 aliphatic rings. The van der Waals surface area contributed by atoms with E-state index in [0.717, 1.165) is 25.2 Å². The molecule has 71 valence electrons. The van der Waals surface area contributed by atoms with Crippen LogP contribution < -0.4 is 4.74 Å². The van der Waals surface area contributed by atoms with Crippen LogP contribution >= 0.6 is 0 Å². The van der Waals surface area contributed by atoms with Gasteiger partial charge in [0, 0.05) is 0 Å². The van der Waals surface area contributed by atoms with E-state index in [4.69, 9.17) is 4.74 Å². The van der Waals surface area contributed by atoms with Gasteiger partial charge in [-0.15, -0.1) is 0 Å². The van der Waals surface area contributed by atoms with E-state index >= 15 is 0 Å². The molecule has 0 bridgehead atoms. The Morgan fingerprint density at radius 1 is 1.15 bits per heavy atom. The van der Waals surface area contributed by atoms with Gasteiger partial charge in [0.1, 0.15) is 5.75 Å². The molecule has 0 heterocycles. The smallest absolute Gasteiger partial charge is 0.119 e. The molecular formula is C12H17O. The molecule has 0 amide bonds. The summed E-state index contributed by atoms with van der Waals surface area (Å²) >= 11 is 0. The van der Waals surface area contributed by atoms with Gasteiger partial charge in [0.25, 0.3) is 0 Å². The Kier molecular flexibility index (Phi) is 4.37. The zero-order valence-corrected chi connectivity index (χ0v) is 8.42. The third-order valence-electron chi connectivity index (χ3n) is 1.79. The van der Waals surface area contributed by atoms with Crippen molar-refractivity contribution in [2.75, 3.05) is 6.61 Å². The second-order valence-corrected chi connectivity index (χ2v) is 3.03. The van der Waals surface area contributed by atoms with E-state index in [1.807, 2.05) is 12.1 Å². The first-order valence-electron chi connectivity index (χ1n) is 4.93. The molecule has 0 aromatic heterocycles. The summed E-state index contributed by atoms with van der Waals surface area (Å²) in [6, 6.07) is 8.23. The van der Waals surface area contributed by atoms with Crippen LogP contribution in [0.15, 0.2) is 24.3 Å². The minimum Gasteiger partial charge on any atom is -0.494 e. The highest BCUT2D eigenvalue weighted by Gasteiger charge is 1.93. The van der Waals surface area contributed by atoms with Gasteiger partial charge < -0.3 is 4.74 Å². The van der Waals surface area contributed by atoms with Crippen molar-refractivity contribution in [2.24, 2.45) is 0 Å². The standard InChI is InChI=1S/C12H17O/c1-3-5-11-6-8-12(9-7-11)13-10-4-2/h5-9H,3-4,10H2,1-2H3. The lowest BCUT2D eigenvalue weighted by molar-refractivity contribution is 0.317. The first kappa shape index (κ1) is 10.1. The molecule has 0 aliphatic carbocycles. The molecular weight excluding hydrogens is 160 g/mol. The van der Waals surface area contributed by atoms with Crippen LogP contribution in [0.3, 0.4) is 0 Å². The van der Waals surface area contributed by atoms with Gasteiger partial charge in [-0.1, -0.05) is 26.0 Å². The van der Waals surface area contributed by atoms with Gasteiger partial charge >= 0.3 is 0 Å². The Labute approximate surface area is 80.7 Å². The van der Waals surface area contributed by atoms with Crippen LogP contribution in [0.5, 0.6) is 5.75 Å². The average Bonchev–Trinajstić information content (AvgIpc) is 2.17. The third-order valence-corrected chi connectivity index (χ3v) is 1.79. The summed E-state index contributed by atoms with van der Waals surface area (Å²) in [5.74, 6) is 0.968. The summed E-state index contributed by atoms with van der Waals surface area (Å²) in [5, 5.41) is 0. The van der Waals surface area contributed by atoms with Crippen LogP contribution in [-0.4, -0.2) is 6.61 Å². The van der Waals surface area contributed by atoms with Crippen molar-refractivity contribution in [3.63, 3.8) is 0 Å². The van der Waals surface area contributed by atoms with Gasteiger partial charge in [-0.25, -0.2) is 0 Å². The summed E-state index contributed by atoms with van der Waals surface area (Å²) in [4.78, 5) is 0. The summed E-state index contributed by atoms with van der Waals surface area (Å²) in [7, 11) is 0. The lowest BCUT2D eigenvalue weighted by Crippen LogP contribution is -1.94. The molecule has 0 unspecified atom stereocenters. The fraction of sp³-hybridized carbons (Fsp3) is 0.417. The first-order chi connectivity index (χ1) is 6.36. The molecule has 1 radical (unpaired) electrons. The number of hydrogen-bond donors (Lipinski definition) is 0. The van der Waals surface area contributed by atoms with Gasteiger partial charge in [-0.05, 0) is 37.0 Å². The number of rotatable bonds is 5. The quantitative estimate of drug-likeness (QED) is 0.669. The predicted octanol–water partition coefficient (Wildman–Crippen LogP) is 3.44. The van der Waals surface area contributed by atoms with E-state index in [1.165, 1.54) is 5.56 Å². The molecule has 0 saturated carbocycles. The minimum absolute atomic E-state index is 0.802. The first-order valence-corrected chi connectivity index (χ1v) is 4.93. The van der Waals surface area contributed by atoms with E-state index in [9.17, 15) is 0 Å². The maximum atomic E-state index is 5.47. The van der Waals surface area contributed by atoms with Crippen LogP contribution in [-0.2, 0) is 0 Å².